The Labute approximate surface area is 214 Å². The first-order valence-corrected chi connectivity index (χ1v) is 13.3. The first kappa shape index (κ1) is 25.9. The van der Waals surface area contributed by atoms with E-state index in [1.165, 1.54) is 6.92 Å². The molecule has 0 amide bonds. The molecular formula is C30H42O6. The number of carbonyl (C=O) groups is 1. The summed E-state index contributed by atoms with van der Waals surface area (Å²) in [5.41, 5.74) is -0.958. The number of hydrogen-bond donors (Lipinski definition) is 3. The predicted molar refractivity (Wildman–Crippen MR) is 136 cm³/mol. The van der Waals surface area contributed by atoms with Gasteiger partial charge in [0.25, 0.3) is 0 Å². The number of aliphatic hydroxyl groups excluding tert-OH is 2. The molecular weight excluding hydrogens is 456 g/mol. The van der Waals surface area contributed by atoms with E-state index in [2.05, 4.69) is 32.9 Å². The van der Waals surface area contributed by atoms with Gasteiger partial charge in [0.05, 0.1) is 24.4 Å². The number of aliphatic hydroxyl groups is 3. The highest BCUT2D eigenvalue weighted by atomic mass is 16.6. The lowest BCUT2D eigenvalue weighted by molar-refractivity contribution is -0.310. The summed E-state index contributed by atoms with van der Waals surface area (Å²) in [6.45, 7) is 14.2. The van der Waals surface area contributed by atoms with Crippen molar-refractivity contribution in [3.05, 3.63) is 47.0 Å². The Balaban J connectivity index is 1.88. The van der Waals surface area contributed by atoms with Gasteiger partial charge < -0.3 is 24.8 Å². The summed E-state index contributed by atoms with van der Waals surface area (Å²) >= 11 is 0. The van der Waals surface area contributed by atoms with Crippen molar-refractivity contribution >= 4 is 5.97 Å². The number of rotatable bonds is 2. The molecule has 6 nitrogen and oxygen atoms in total. The smallest absolute Gasteiger partial charge is 0.303 e. The van der Waals surface area contributed by atoms with Crippen molar-refractivity contribution in [3.8, 4) is 0 Å². The zero-order valence-electron chi connectivity index (χ0n) is 22.6. The number of fused-ring (bicyclic) bond motifs is 5. The monoisotopic (exact) mass is 498 g/mol. The van der Waals surface area contributed by atoms with Gasteiger partial charge in [-0.2, -0.15) is 0 Å². The molecule has 1 aliphatic heterocycles. The fourth-order valence-corrected chi connectivity index (χ4v) is 8.79. The normalized spacial score (nSPS) is 47.6. The van der Waals surface area contributed by atoms with Gasteiger partial charge in [-0.1, -0.05) is 65.0 Å². The van der Waals surface area contributed by atoms with Gasteiger partial charge >= 0.3 is 5.97 Å². The van der Waals surface area contributed by atoms with Gasteiger partial charge in [-0.3, -0.25) is 4.79 Å². The first-order valence-electron chi connectivity index (χ1n) is 13.3. The van der Waals surface area contributed by atoms with E-state index in [4.69, 9.17) is 9.47 Å². The molecule has 1 unspecified atom stereocenters. The van der Waals surface area contributed by atoms with Crippen LogP contribution in [-0.2, 0) is 14.3 Å². The first-order chi connectivity index (χ1) is 16.7. The number of carbonyl (C=O) groups excluding carboxylic acids is 1. The largest absolute Gasteiger partial charge is 0.455 e. The zero-order valence-corrected chi connectivity index (χ0v) is 22.6. The van der Waals surface area contributed by atoms with Crippen LogP contribution in [0.2, 0.25) is 0 Å². The Kier molecular flexibility index (Phi) is 5.85. The number of hydrogen-bond acceptors (Lipinski definition) is 6. The van der Waals surface area contributed by atoms with Crippen LogP contribution >= 0.6 is 0 Å². The van der Waals surface area contributed by atoms with Crippen LogP contribution < -0.4 is 0 Å². The van der Waals surface area contributed by atoms with E-state index in [0.717, 1.165) is 12.0 Å². The minimum absolute atomic E-state index is 0.0209. The SMILES string of the molecule is CC(=O)O[C@@H]1C2=C(C)[C@@H](O)C[C@@](O)([C@@H](c3ccccc3)C3[C@@](C)([C@@H](C)C[C@H]4OC[C@@]34C)[C@H]1O)C2(C)C. The van der Waals surface area contributed by atoms with Crippen molar-refractivity contribution in [1.29, 1.82) is 0 Å². The van der Waals surface area contributed by atoms with Gasteiger partial charge in [0.1, 0.15) is 6.10 Å². The van der Waals surface area contributed by atoms with Crippen molar-refractivity contribution in [2.75, 3.05) is 6.61 Å². The second kappa shape index (κ2) is 8.13. The Morgan fingerprint density at radius 1 is 1.11 bits per heavy atom. The molecule has 36 heavy (non-hydrogen) atoms. The molecule has 3 fully saturated rings. The molecule has 5 rings (SSSR count). The molecule has 10 atom stereocenters. The lowest BCUT2D eigenvalue weighted by atomic mass is 9.38. The van der Waals surface area contributed by atoms with Gasteiger partial charge in [0.15, 0.2) is 6.10 Å². The van der Waals surface area contributed by atoms with Gasteiger partial charge in [0, 0.05) is 35.5 Å². The summed E-state index contributed by atoms with van der Waals surface area (Å²) in [6, 6.07) is 10.1. The molecule has 4 aliphatic rings. The average Bonchev–Trinajstić information content (AvgIpc) is 2.80. The number of benzene rings is 1. The summed E-state index contributed by atoms with van der Waals surface area (Å²) < 4.78 is 12.0. The molecule has 6 heteroatoms. The predicted octanol–water partition coefficient (Wildman–Crippen LogP) is 3.98. The Morgan fingerprint density at radius 3 is 2.31 bits per heavy atom. The summed E-state index contributed by atoms with van der Waals surface area (Å²) in [6.07, 6.45) is -1.93. The molecule has 3 N–H and O–H groups in total. The fraction of sp³-hybridized carbons (Fsp3) is 0.700. The molecule has 2 bridgehead atoms. The van der Waals surface area contributed by atoms with Crippen molar-refractivity contribution in [2.45, 2.75) is 97.2 Å². The van der Waals surface area contributed by atoms with Gasteiger partial charge in [-0.15, -0.1) is 0 Å². The topological polar surface area (TPSA) is 96.2 Å². The van der Waals surface area contributed by atoms with E-state index in [0.29, 0.717) is 17.8 Å². The third-order valence-corrected chi connectivity index (χ3v) is 11.0. The molecule has 0 radical (unpaired) electrons. The van der Waals surface area contributed by atoms with Gasteiger partial charge in [0.2, 0.25) is 0 Å². The molecule has 1 heterocycles. The maximum atomic E-state index is 13.0. The van der Waals surface area contributed by atoms with Crippen LogP contribution in [0.25, 0.3) is 0 Å². The van der Waals surface area contributed by atoms with E-state index in [1.807, 2.05) is 39.0 Å². The zero-order chi connectivity index (χ0) is 26.4. The highest BCUT2D eigenvalue weighted by Crippen LogP contribution is 2.71. The molecule has 2 saturated carbocycles. The van der Waals surface area contributed by atoms with E-state index < -0.39 is 40.7 Å². The van der Waals surface area contributed by atoms with Gasteiger partial charge in [-0.25, -0.2) is 0 Å². The lowest BCUT2D eigenvalue weighted by Gasteiger charge is -2.71. The minimum Gasteiger partial charge on any atom is -0.455 e. The lowest BCUT2D eigenvalue weighted by Crippen LogP contribution is -2.74. The highest BCUT2D eigenvalue weighted by molar-refractivity contribution is 5.67. The van der Waals surface area contributed by atoms with Gasteiger partial charge in [-0.05, 0) is 41.9 Å². The second-order valence-corrected chi connectivity index (χ2v) is 13.0. The molecule has 1 saturated heterocycles. The third kappa shape index (κ3) is 3.14. The van der Waals surface area contributed by atoms with Crippen LogP contribution in [0.1, 0.15) is 72.8 Å². The molecule has 0 spiro atoms. The quantitative estimate of drug-likeness (QED) is 0.422. The van der Waals surface area contributed by atoms with Crippen LogP contribution in [0, 0.1) is 28.1 Å². The Bertz CT molecular complexity index is 1080. The molecule has 3 aliphatic carbocycles. The standard InChI is InChI=1S/C30H42O6/c1-16-13-21-28(6,15-35-21)25-23(19-11-9-8-10-12-19)30(34)14-20(32)17(2)22(27(30,4)5)24(36-18(3)31)26(33)29(16,25)7/h8-12,16,20-21,23-26,32-34H,13-15H2,1-7H3/t16-,20-,21+,23-,24+,25?,26-,28+,29+,30+/m0/s1. The second-order valence-electron chi connectivity index (χ2n) is 13.0. The maximum absolute atomic E-state index is 13.0. The van der Waals surface area contributed by atoms with Crippen LogP contribution in [0.5, 0.6) is 0 Å². The van der Waals surface area contributed by atoms with E-state index >= 15 is 0 Å². The molecule has 0 aromatic heterocycles. The third-order valence-electron chi connectivity index (χ3n) is 11.0. The number of esters is 1. The summed E-state index contributed by atoms with van der Waals surface area (Å²) in [5, 5.41) is 36.7. The summed E-state index contributed by atoms with van der Waals surface area (Å²) in [4.78, 5) is 12.4. The van der Waals surface area contributed by atoms with Crippen LogP contribution in [-0.4, -0.2) is 57.9 Å². The van der Waals surface area contributed by atoms with E-state index in [-0.39, 0.29) is 35.7 Å². The minimum atomic E-state index is -1.37. The maximum Gasteiger partial charge on any atom is 0.303 e. The number of ether oxygens (including phenoxy) is 2. The fourth-order valence-electron chi connectivity index (χ4n) is 8.79. The van der Waals surface area contributed by atoms with E-state index in [1.54, 1.807) is 0 Å². The van der Waals surface area contributed by atoms with Crippen molar-refractivity contribution in [2.24, 2.45) is 28.1 Å². The van der Waals surface area contributed by atoms with Crippen LogP contribution in [0.4, 0.5) is 0 Å². The Hall–Kier alpha value is -1.73. The molecule has 198 valence electrons. The van der Waals surface area contributed by atoms with Crippen molar-refractivity contribution in [1.82, 2.24) is 0 Å². The molecule has 1 aromatic rings. The highest BCUT2D eigenvalue weighted by Gasteiger charge is 2.73. The average molecular weight is 499 g/mol. The van der Waals surface area contributed by atoms with Crippen LogP contribution in [0.3, 0.4) is 0 Å². The van der Waals surface area contributed by atoms with Crippen LogP contribution in [0.15, 0.2) is 41.5 Å². The van der Waals surface area contributed by atoms with Crippen molar-refractivity contribution in [3.63, 3.8) is 0 Å². The summed E-state index contributed by atoms with van der Waals surface area (Å²) in [7, 11) is 0. The van der Waals surface area contributed by atoms with Crippen molar-refractivity contribution < 1.29 is 29.6 Å². The summed E-state index contributed by atoms with van der Waals surface area (Å²) in [5.74, 6) is -1.03. The molecule has 1 aromatic carbocycles. The Morgan fingerprint density at radius 2 is 1.75 bits per heavy atom. The van der Waals surface area contributed by atoms with E-state index in [9.17, 15) is 20.1 Å².